The normalized spacial score (nSPS) is 9.56. The minimum absolute atomic E-state index is 0. The van der Waals surface area contributed by atoms with Crippen LogP contribution in [0.2, 0.25) is 0 Å². The molecule has 0 aliphatic carbocycles. The van der Waals surface area contributed by atoms with E-state index in [1.165, 1.54) is 5.69 Å². The summed E-state index contributed by atoms with van der Waals surface area (Å²) < 4.78 is 2.20. The number of carbonyl (C=O) groups is 1. The molecule has 0 saturated heterocycles. The number of hydrogen-bond donors (Lipinski definition) is 1. The summed E-state index contributed by atoms with van der Waals surface area (Å²) in [5.74, 6) is -0.696. The molecule has 0 bridgehead atoms. The molecule has 1 N–H and O–H groups in total. The Labute approximate surface area is 107 Å². The molecule has 4 heteroatoms. The van der Waals surface area contributed by atoms with Crippen molar-refractivity contribution in [1.29, 1.82) is 0 Å². The Morgan fingerprint density at radius 3 is 2.69 bits per heavy atom. The smallest absolute Gasteiger partial charge is 0.303 e. The summed E-state index contributed by atoms with van der Waals surface area (Å²) in [6, 6.07) is 6.12. The third kappa shape index (κ3) is 5.85. The molecule has 0 aromatic carbocycles. The van der Waals surface area contributed by atoms with Gasteiger partial charge in [-0.1, -0.05) is 6.07 Å². The fourth-order valence-corrected chi connectivity index (χ4v) is 1.55. The number of aryl methyl sites for hydroxylation is 2. The molecule has 0 saturated carbocycles. The van der Waals surface area contributed by atoms with Gasteiger partial charge in [0.15, 0.2) is 11.9 Å². The first-order chi connectivity index (χ1) is 7.20. The number of rotatable bonds is 6. The van der Waals surface area contributed by atoms with Gasteiger partial charge in [0.1, 0.15) is 6.54 Å². The molecule has 0 radical (unpaired) electrons. The van der Waals surface area contributed by atoms with Crippen molar-refractivity contribution in [3.8, 4) is 0 Å². The quantitative estimate of drug-likeness (QED) is 0.535. The molecule has 0 atom stereocenters. The Morgan fingerprint density at radius 1 is 1.31 bits per heavy atom. The molecule has 0 aliphatic heterocycles. The number of halogens is 1. The third-order valence-electron chi connectivity index (χ3n) is 2.46. The van der Waals surface area contributed by atoms with E-state index >= 15 is 0 Å². The zero-order chi connectivity index (χ0) is 11.1. The maximum atomic E-state index is 10.3. The number of aliphatic carboxylic acids is 1. The molecule has 0 unspecified atom stereocenters. The van der Waals surface area contributed by atoms with E-state index in [1.807, 2.05) is 12.1 Å². The largest absolute Gasteiger partial charge is 1.00 e. The second-order valence-corrected chi connectivity index (χ2v) is 3.74. The zero-order valence-corrected chi connectivity index (χ0v) is 11.1. The molecule has 0 spiro atoms. The highest BCUT2D eigenvalue weighted by Gasteiger charge is 2.03. The van der Waals surface area contributed by atoms with Crippen LogP contribution in [0, 0.1) is 6.92 Å². The van der Waals surface area contributed by atoms with E-state index in [0.717, 1.165) is 25.8 Å². The first-order valence-corrected chi connectivity index (χ1v) is 5.37. The molecule has 1 aromatic rings. The van der Waals surface area contributed by atoms with Crippen LogP contribution in [0.3, 0.4) is 0 Å². The summed E-state index contributed by atoms with van der Waals surface area (Å²) in [4.78, 5) is 10.3. The first-order valence-electron chi connectivity index (χ1n) is 5.37. The monoisotopic (exact) mass is 287 g/mol. The van der Waals surface area contributed by atoms with Crippen LogP contribution in [-0.4, -0.2) is 11.1 Å². The van der Waals surface area contributed by atoms with Crippen molar-refractivity contribution in [1.82, 2.24) is 0 Å². The van der Waals surface area contributed by atoms with Crippen molar-refractivity contribution < 1.29 is 31.4 Å². The van der Waals surface area contributed by atoms with Gasteiger partial charge in [-0.15, -0.1) is 0 Å². The van der Waals surface area contributed by atoms with Crippen LogP contribution in [0.4, 0.5) is 0 Å². The van der Waals surface area contributed by atoms with Gasteiger partial charge in [0.2, 0.25) is 0 Å². The van der Waals surface area contributed by atoms with E-state index in [1.54, 1.807) is 0 Å². The van der Waals surface area contributed by atoms with Gasteiger partial charge in [-0.05, 0) is 12.8 Å². The summed E-state index contributed by atoms with van der Waals surface area (Å²) in [6.07, 6.45) is 5.16. The van der Waals surface area contributed by atoms with Crippen LogP contribution in [0.15, 0.2) is 24.4 Å². The summed E-state index contributed by atoms with van der Waals surface area (Å²) in [6.45, 7) is 3.06. The summed E-state index contributed by atoms with van der Waals surface area (Å²) in [5, 5.41) is 8.47. The summed E-state index contributed by atoms with van der Waals surface area (Å²) in [7, 11) is 0. The fraction of sp³-hybridized carbons (Fsp3) is 0.500. The number of unbranched alkanes of at least 4 members (excludes halogenated alkanes) is 2. The minimum atomic E-state index is -0.696. The van der Waals surface area contributed by atoms with E-state index in [4.69, 9.17) is 5.11 Å². The lowest BCUT2D eigenvalue weighted by Crippen LogP contribution is -3.00. The lowest BCUT2D eigenvalue weighted by molar-refractivity contribution is -0.703. The van der Waals surface area contributed by atoms with Crippen LogP contribution in [0.25, 0.3) is 0 Å². The van der Waals surface area contributed by atoms with Gasteiger partial charge in [0, 0.05) is 31.9 Å². The molecule has 0 amide bonds. The lowest BCUT2D eigenvalue weighted by Gasteiger charge is -1.99. The molecular weight excluding hydrogens is 270 g/mol. The molecule has 3 nitrogen and oxygen atoms in total. The third-order valence-corrected chi connectivity index (χ3v) is 2.46. The van der Waals surface area contributed by atoms with Crippen molar-refractivity contribution in [2.75, 3.05) is 0 Å². The van der Waals surface area contributed by atoms with Gasteiger partial charge < -0.3 is 22.1 Å². The van der Waals surface area contributed by atoms with Gasteiger partial charge in [0.05, 0.1) is 0 Å². The highest BCUT2D eigenvalue weighted by molar-refractivity contribution is 5.66. The van der Waals surface area contributed by atoms with Gasteiger partial charge in [-0.3, -0.25) is 4.79 Å². The van der Waals surface area contributed by atoms with Crippen LogP contribution in [0.1, 0.15) is 31.4 Å². The average Bonchev–Trinajstić information content (AvgIpc) is 2.20. The van der Waals surface area contributed by atoms with Crippen molar-refractivity contribution in [2.24, 2.45) is 0 Å². The Kier molecular flexibility index (Phi) is 7.81. The fourth-order valence-electron chi connectivity index (χ4n) is 1.55. The van der Waals surface area contributed by atoms with Crippen LogP contribution in [-0.2, 0) is 11.3 Å². The van der Waals surface area contributed by atoms with Gasteiger partial charge >= 0.3 is 5.97 Å². The van der Waals surface area contributed by atoms with E-state index in [2.05, 4.69) is 23.8 Å². The average molecular weight is 288 g/mol. The second-order valence-electron chi connectivity index (χ2n) is 3.74. The molecule has 90 valence electrons. The van der Waals surface area contributed by atoms with Crippen molar-refractivity contribution in [2.45, 2.75) is 39.2 Å². The number of hydrogen-bond acceptors (Lipinski definition) is 1. The Morgan fingerprint density at radius 2 is 2.06 bits per heavy atom. The predicted molar refractivity (Wildman–Crippen MR) is 57.5 cm³/mol. The molecular formula is C12H18BrNO2. The Hall–Kier alpha value is -0.900. The van der Waals surface area contributed by atoms with Crippen LogP contribution < -0.4 is 21.5 Å². The summed E-state index contributed by atoms with van der Waals surface area (Å²) in [5.41, 5.74) is 1.25. The number of nitrogens with zero attached hydrogens (tertiary/aromatic N) is 1. The van der Waals surface area contributed by atoms with E-state index in [9.17, 15) is 4.79 Å². The summed E-state index contributed by atoms with van der Waals surface area (Å²) >= 11 is 0. The van der Waals surface area contributed by atoms with E-state index in [0.29, 0.717) is 6.42 Å². The number of pyridine rings is 1. The van der Waals surface area contributed by atoms with Crippen molar-refractivity contribution >= 4 is 5.97 Å². The van der Waals surface area contributed by atoms with Crippen LogP contribution >= 0.6 is 0 Å². The van der Waals surface area contributed by atoms with Crippen molar-refractivity contribution in [3.05, 3.63) is 30.1 Å². The van der Waals surface area contributed by atoms with Gasteiger partial charge in [-0.25, -0.2) is 4.57 Å². The zero-order valence-electron chi connectivity index (χ0n) is 9.53. The Balaban J connectivity index is 0.00000225. The maximum absolute atomic E-state index is 10.3. The maximum Gasteiger partial charge on any atom is 0.303 e. The number of carboxylic acids is 1. The standard InChI is InChI=1S/C12H17NO2.BrH/c1-11-7-4-6-10-13(11)9-5-2-3-8-12(14)15;/h4,6-7,10H,2-3,5,8-9H2,1H3;1H. The van der Waals surface area contributed by atoms with Gasteiger partial charge in [0.25, 0.3) is 0 Å². The highest BCUT2D eigenvalue weighted by Crippen LogP contribution is 2.00. The molecule has 1 rings (SSSR count). The first kappa shape index (κ1) is 15.1. The highest BCUT2D eigenvalue weighted by atomic mass is 79.9. The minimum Gasteiger partial charge on any atom is -1.00 e. The molecule has 1 heterocycles. The number of carboxylic acid groups (broad SMARTS) is 1. The predicted octanol–water partition coefficient (Wildman–Crippen LogP) is -1.07. The molecule has 16 heavy (non-hydrogen) atoms. The van der Waals surface area contributed by atoms with E-state index in [-0.39, 0.29) is 17.0 Å². The van der Waals surface area contributed by atoms with Crippen molar-refractivity contribution in [3.63, 3.8) is 0 Å². The lowest BCUT2D eigenvalue weighted by atomic mass is 10.2. The number of aromatic nitrogens is 1. The molecule has 1 aromatic heterocycles. The van der Waals surface area contributed by atoms with E-state index < -0.39 is 5.97 Å². The SMILES string of the molecule is Cc1cccc[n+]1CCCCCC(=O)O.[Br-]. The van der Waals surface area contributed by atoms with Gasteiger partial charge in [-0.2, -0.15) is 0 Å². The van der Waals surface area contributed by atoms with Crippen LogP contribution in [0.5, 0.6) is 0 Å². The molecule has 0 fully saturated rings. The molecule has 0 aliphatic rings. The Bertz CT molecular complexity index is 329. The topological polar surface area (TPSA) is 41.2 Å². The second kappa shape index (κ2) is 8.28.